The molecule has 0 aromatic heterocycles. The smallest absolute Gasteiger partial charge is 0.227 e. The predicted octanol–water partition coefficient (Wildman–Crippen LogP) is 4.04. The molecular weight excluding hydrogens is 300 g/mol. The number of nitrogen functional groups attached to an aromatic ring is 1. The molecule has 0 aliphatic carbocycles. The van der Waals surface area contributed by atoms with Crippen LogP contribution in [-0.2, 0) is 11.2 Å². The number of hydrogen-bond acceptors (Lipinski definition) is 3. The number of para-hydroxylation sites is 1. The summed E-state index contributed by atoms with van der Waals surface area (Å²) in [6, 6.07) is 15.4. The number of amides is 1. The Morgan fingerprint density at radius 3 is 2.58 bits per heavy atom. The molecule has 128 valence electrons. The van der Waals surface area contributed by atoms with Gasteiger partial charge < -0.3 is 15.4 Å². The molecule has 0 spiro atoms. The van der Waals surface area contributed by atoms with Crippen LogP contribution < -0.4 is 15.4 Å². The van der Waals surface area contributed by atoms with Crippen molar-refractivity contribution in [2.75, 3.05) is 24.3 Å². The largest absolute Gasteiger partial charge is 0.491 e. The van der Waals surface area contributed by atoms with Crippen molar-refractivity contribution in [2.45, 2.75) is 32.6 Å². The Hall–Kier alpha value is -2.49. The number of aryl methyl sites for hydroxylation is 1. The van der Waals surface area contributed by atoms with Crippen LogP contribution in [0, 0.1) is 0 Å². The quantitative estimate of drug-likeness (QED) is 0.588. The molecule has 0 aliphatic rings. The maximum atomic E-state index is 12.3. The highest BCUT2D eigenvalue weighted by Gasteiger charge is 2.11. The van der Waals surface area contributed by atoms with E-state index in [0.717, 1.165) is 29.8 Å². The first kappa shape index (κ1) is 17.9. The molecule has 0 fully saturated rings. The van der Waals surface area contributed by atoms with Crippen LogP contribution in [0.1, 0.15) is 31.7 Å². The van der Waals surface area contributed by atoms with Gasteiger partial charge in [0.2, 0.25) is 5.91 Å². The second kappa shape index (κ2) is 8.96. The molecule has 0 unspecified atom stereocenters. The molecule has 0 saturated heterocycles. The number of nitrogens with zero attached hydrogens (tertiary/aromatic N) is 1. The van der Waals surface area contributed by atoms with Gasteiger partial charge in [0.05, 0.1) is 12.3 Å². The second-order valence-electron chi connectivity index (χ2n) is 5.86. The zero-order chi connectivity index (χ0) is 17.4. The lowest BCUT2D eigenvalue weighted by Crippen LogP contribution is -2.26. The summed E-state index contributed by atoms with van der Waals surface area (Å²) in [7, 11) is 1.80. The van der Waals surface area contributed by atoms with E-state index in [1.807, 2.05) is 48.5 Å². The number of carbonyl (C=O) groups is 1. The first-order chi connectivity index (χ1) is 11.6. The van der Waals surface area contributed by atoms with E-state index in [9.17, 15) is 4.79 Å². The van der Waals surface area contributed by atoms with E-state index >= 15 is 0 Å². The molecule has 1 amide bonds. The molecular formula is C20H26N2O2. The van der Waals surface area contributed by atoms with E-state index in [1.54, 1.807) is 11.9 Å². The van der Waals surface area contributed by atoms with Crippen molar-refractivity contribution in [1.82, 2.24) is 0 Å². The minimum Gasteiger partial charge on any atom is -0.491 e. The third-order valence-electron chi connectivity index (χ3n) is 3.97. The Balaban J connectivity index is 1.89. The van der Waals surface area contributed by atoms with E-state index in [-0.39, 0.29) is 5.91 Å². The van der Waals surface area contributed by atoms with Crippen molar-refractivity contribution in [3.63, 3.8) is 0 Å². The van der Waals surface area contributed by atoms with Gasteiger partial charge in [-0.2, -0.15) is 0 Å². The molecule has 0 radical (unpaired) electrons. The number of carbonyl (C=O) groups excluding carboxylic acids is 1. The number of anilines is 2. The molecule has 2 rings (SSSR count). The summed E-state index contributed by atoms with van der Waals surface area (Å²) in [6.07, 6.45) is 3.22. The lowest BCUT2D eigenvalue weighted by molar-refractivity contribution is -0.118. The van der Waals surface area contributed by atoms with E-state index < -0.39 is 0 Å². The van der Waals surface area contributed by atoms with Crippen LogP contribution in [0.2, 0.25) is 0 Å². The standard InChI is InChI=1S/C20H26N2O2/c1-3-4-14-24-19-12-10-16(15-18(19)21)11-13-20(23)22(2)17-8-6-5-7-9-17/h5-10,12,15H,3-4,11,13-14,21H2,1-2H3. The van der Waals surface area contributed by atoms with Gasteiger partial charge in [0.25, 0.3) is 0 Å². The van der Waals surface area contributed by atoms with Gasteiger partial charge in [0.15, 0.2) is 0 Å². The maximum Gasteiger partial charge on any atom is 0.227 e. The summed E-state index contributed by atoms with van der Waals surface area (Å²) in [4.78, 5) is 14.0. The Morgan fingerprint density at radius 1 is 1.17 bits per heavy atom. The summed E-state index contributed by atoms with van der Waals surface area (Å²) in [6.45, 7) is 2.81. The predicted molar refractivity (Wildman–Crippen MR) is 99.4 cm³/mol. The topological polar surface area (TPSA) is 55.6 Å². The van der Waals surface area contributed by atoms with Crippen LogP contribution in [0.15, 0.2) is 48.5 Å². The van der Waals surface area contributed by atoms with Crippen molar-refractivity contribution in [2.24, 2.45) is 0 Å². The number of benzene rings is 2. The van der Waals surface area contributed by atoms with Gasteiger partial charge in [-0.15, -0.1) is 0 Å². The molecule has 0 aliphatic heterocycles. The highest BCUT2D eigenvalue weighted by atomic mass is 16.5. The third kappa shape index (κ3) is 5.01. The Morgan fingerprint density at radius 2 is 1.92 bits per heavy atom. The van der Waals surface area contributed by atoms with Gasteiger partial charge >= 0.3 is 0 Å². The molecule has 0 bridgehead atoms. The normalized spacial score (nSPS) is 10.4. The first-order valence-corrected chi connectivity index (χ1v) is 8.44. The summed E-state index contributed by atoms with van der Waals surface area (Å²) in [5, 5.41) is 0. The number of rotatable bonds is 8. The number of unbranched alkanes of at least 4 members (excludes halogenated alkanes) is 1. The molecule has 4 nitrogen and oxygen atoms in total. The van der Waals surface area contributed by atoms with Crippen LogP contribution >= 0.6 is 0 Å². The monoisotopic (exact) mass is 326 g/mol. The summed E-state index contributed by atoms with van der Waals surface area (Å²) < 4.78 is 5.65. The zero-order valence-corrected chi connectivity index (χ0v) is 14.5. The highest BCUT2D eigenvalue weighted by Crippen LogP contribution is 2.24. The molecule has 0 saturated carbocycles. The maximum absolute atomic E-state index is 12.3. The number of nitrogens with two attached hydrogens (primary N) is 1. The van der Waals surface area contributed by atoms with Gasteiger partial charge in [0, 0.05) is 19.2 Å². The Kier molecular flexibility index (Phi) is 6.67. The highest BCUT2D eigenvalue weighted by molar-refractivity contribution is 5.92. The lowest BCUT2D eigenvalue weighted by atomic mass is 10.1. The molecule has 24 heavy (non-hydrogen) atoms. The first-order valence-electron chi connectivity index (χ1n) is 8.44. The molecule has 2 aromatic carbocycles. The van der Waals surface area contributed by atoms with Gasteiger partial charge in [-0.1, -0.05) is 37.6 Å². The minimum atomic E-state index is 0.0862. The van der Waals surface area contributed by atoms with Crippen molar-refractivity contribution in [3.8, 4) is 5.75 Å². The van der Waals surface area contributed by atoms with E-state index in [4.69, 9.17) is 10.5 Å². The van der Waals surface area contributed by atoms with Crippen LogP contribution in [0.25, 0.3) is 0 Å². The Labute approximate surface area is 144 Å². The summed E-state index contributed by atoms with van der Waals surface area (Å²) >= 11 is 0. The average molecular weight is 326 g/mol. The van der Waals surface area contributed by atoms with Crippen molar-refractivity contribution < 1.29 is 9.53 Å². The summed E-state index contributed by atoms with van der Waals surface area (Å²) in [5.74, 6) is 0.808. The van der Waals surface area contributed by atoms with Crippen LogP contribution in [-0.4, -0.2) is 19.6 Å². The third-order valence-corrected chi connectivity index (χ3v) is 3.97. The fourth-order valence-corrected chi connectivity index (χ4v) is 2.43. The fourth-order valence-electron chi connectivity index (χ4n) is 2.43. The van der Waals surface area contributed by atoms with Crippen molar-refractivity contribution in [1.29, 1.82) is 0 Å². The van der Waals surface area contributed by atoms with Gasteiger partial charge in [0.1, 0.15) is 5.75 Å². The van der Waals surface area contributed by atoms with Gasteiger partial charge in [-0.05, 0) is 42.7 Å². The molecule has 2 aromatic rings. The molecule has 0 heterocycles. The molecule has 2 N–H and O–H groups in total. The van der Waals surface area contributed by atoms with E-state index in [2.05, 4.69) is 6.92 Å². The van der Waals surface area contributed by atoms with Crippen molar-refractivity contribution >= 4 is 17.3 Å². The zero-order valence-electron chi connectivity index (χ0n) is 14.5. The second-order valence-corrected chi connectivity index (χ2v) is 5.86. The van der Waals surface area contributed by atoms with Crippen LogP contribution in [0.5, 0.6) is 5.75 Å². The van der Waals surface area contributed by atoms with E-state index in [0.29, 0.717) is 25.1 Å². The SMILES string of the molecule is CCCCOc1ccc(CCC(=O)N(C)c2ccccc2)cc1N. The Bertz CT molecular complexity index is 656. The summed E-state index contributed by atoms with van der Waals surface area (Å²) in [5.41, 5.74) is 8.62. The van der Waals surface area contributed by atoms with Gasteiger partial charge in [-0.3, -0.25) is 4.79 Å². The van der Waals surface area contributed by atoms with E-state index in [1.165, 1.54) is 0 Å². The van der Waals surface area contributed by atoms with Crippen LogP contribution in [0.3, 0.4) is 0 Å². The number of hydrogen-bond donors (Lipinski definition) is 1. The van der Waals surface area contributed by atoms with Crippen LogP contribution in [0.4, 0.5) is 11.4 Å². The molecule has 4 heteroatoms. The minimum absolute atomic E-state index is 0.0862. The lowest BCUT2D eigenvalue weighted by Gasteiger charge is -2.17. The molecule has 0 atom stereocenters. The fraction of sp³-hybridized carbons (Fsp3) is 0.350. The number of ether oxygens (including phenoxy) is 1. The average Bonchev–Trinajstić information content (AvgIpc) is 2.61. The van der Waals surface area contributed by atoms with Gasteiger partial charge in [-0.25, -0.2) is 0 Å². The van der Waals surface area contributed by atoms with Crippen molar-refractivity contribution in [3.05, 3.63) is 54.1 Å².